The van der Waals surface area contributed by atoms with Crippen molar-refractivity contribution in [3.05, 3.63) is 24.3 Å². The molecule has 0 bridgehead atoms. The topological polar surface area (TPSA) is 26.0 Å². The lowest BCUT2D eigenvalue weighted by Gasteiger charge is -2.00. The van der Waals surface area contributed by atoms with E-state index in [0.29, 0.717) is 6.04 Å². The quantitative estimate of drug-likeness (QED) is 0.492. The molecule has 0 saturated heterocycles. The van der Waals surface area contributed by atoms with Crippen molar-refractivity contribution in [2.75, 3.05) is 0 Å². The molecule has 0 aromatic carbocycles. The molecule has 0 heterocycles. The standard InChI is InChI=1S/C12H21N/c1-2-3-4-5-6-7-11-8-9-12(13)10-11/h2,10,12H,1,3-9,13H2. The number of unbranched alkanes of at least 4 members (excludes halogenated alkanes) is 3. The second-order valence-corrected chi connectivity index (χ2v) is 3.92. The van der Waals surface area contributed by atoms with Crippen LogP contribution in [0.15, 0.2) is 24.3 Å². The first-order chi connectivity index (χ1) is 6.33. The van der Waals surface area contributed by atoms with E-state index in [1.54, 1.807) is 5.57 Å². The van der Waals surface area contributed by atoms with Crippen molar-refractivity contribution in [3.63, 3.8) is 0 Å². The minimum absolute atomic E-state index is 0.350. The van der Waals surface area contributed by atoms with Gasteiger partial charge in [-0.05, 0) is 38.5 Å². The molecule has 0 aromatic rings. The van der Waals surface area contributed by atoms with Crippen molar-refractivity contribution in [2.24, 2.45) is 5.73 Å². The molecule has 1 aliphatic carbocycles. The van der Waals surface area contributed by atoms with Gasteiger partial charge in [0.25, 0.3) is 0 Å². The highest BCUT2D eigenvalue weighted by molar-refractivity contribution is 5.12. The van der Waals surface area contributed by atoms with Crippen molar-refractivity contribution < 1.29 is 0 Å². The van der Waals surface area contributed by atoms with Crippen LogP contribution in [0.5, 0.6) is 0 Å². The lowest BCUT2D eigenvalue weighted by atomic mass is 10.1. The summed E-state index contributed by atoms with van der Waals surface area (Å²) < 4.78 is 0. The van der Waals surface area contributed by atoms with Gasteiger partial charge in [0.05, 0.1) is 0 Å². The van der Waals surface area contributed by atoms with Crippen LogP contribution < -0.4 is 5.73 Å². The number of allylic oxidation sites excluding steroid dienone is 2. The summed E-state index contributed by atoms with van der Waals surface area (Å²) in [5.41, 5.74) is 7.38. The highest BCUT2D eigenvalue weighted by Gasteiger charge is 2.10. The second kappa shape index (κ2) is 5.98. The van der Waals surface area contributed by atoms with Crippen LogP contribution in [0.3, 0.4) is 0 Å². The summed E-state index contributed by atoms with van der Waals surface area (Å²) in [7, 11) is 0. The SMILES string of the molecule is C=CCCCCCC1=CC(N)CC1. The summed E-state index contributed by atoms with van der Waals surface area (Å²) >= 11 is 0. The maximum atomic E-state index is 5.79. The van der Waals surface area contributed by atoms with E-state index in [2.05, 4.69) is 12.7 Å². The zero-order valence-corrected chi connectivity index (χ0v) is 8.47. The zero-order chi connectivity index (χ0) is 9.52. The molecule has 0 aromatic heterocycles. The monoisotopic (exact) mass is 179 g/mol. The van der Waals surface area contributed by atoms with Gasteiger partial charge >= 0.3 is 0 Å². The van der Waals surface area contributed by atoms with Gasteiger partial charge in [-0.15, -0.1) is 6.58 Å². The number of nitrogens with two attached hydrogens (primary N) is 1. The molecule has 0 saturated carbocycles. The third-order valence-electron chi connectivity index (χ3n) is 2.65. The smallest absolute Gasteiger partial charge is 0.0229 e. The molecule has 1 heteroatoms. The molecule has 1 aliphatic rings. The van der Waals surface area contributed by atoms with Crippen molar-refractivity contribution >= 4 is 0 Å². The second-order valence-electron chi connectivity index (χ2n) is 3.92. The summed E-state index contributed by atoms with van der Waals surface area (Å²) in [6, 6.07) is 0.350. The lowest BCUT2D eigenvalue weighted by Crippen LogP contribution is -2.11. The van der Waals surface area contributed by atoms with Crippen LogP contribution in [0.25, 0.3) is 0 Å². The summed E-state index contributed by atoms with van der Waals surface area (Å²) in [6.45, 7) is 3.72. The van der Waals surface area contributed by atoms with Crippen LogP contribution >= 0.6 is 0 Å². The molecule has 1 rings (SSSR count). The Hall–Kier alpha value is -0.560. The Kier molecular flexibility index (Phi) is 4.84. The minimum Gasteiger partial charge on any atom is -0.324 e. The van der Waals surface area contributed by atoms with Crippen LogP contribution in [0.2, 0.25) is 0 Å². The van der Waals surface area contributed by atoms with E-state index in [0.717, 1.165) is 0 Å². The molecular weight excluding hydrogens is 158 g/mol. The van der Waals surface area contributed by atoms with E-state index in [1.165, 1.54) is 44.9 Å². The third-order valence-corrected chi connectivity index (χ3v) is 2.65. The molecule has 0 fully saturated rings. The van der Waals surface area contributed by atoms with E-state index in [9.17, 15) is 0 Å². The molecule has 0 radical (unpaired) electrons. The highest BCUT2D eigenvalue weighted by atomic mass is 14.6. The summed E-state index contributed by atoms with van der Waals surface area (Å²) in [5.74, 6) is 0. The Labute approximate surface area is 81.7 Å². The number of rotatable bonds is 6. The summed E-state index contributed by atoms with van der Waals surface area (Å²) in [5, 5.41) is 0. The average molecular weight is 179 g/mol. The van der Waals surface area contributed by atoms with E-state index in [4.69, 9.17) is 5.73 Å². The third kappa shape index (κ3) is 4.28. The lowest BCUT2D eigenvalue weighted by molar-refractivity contribution is 0.673. The first-order valence-corrected chi connectivity index (χ1v) is 5.39. The van der Waals surface area contributed by atoms with E-state index < -0.39 is 0 Å². The van der Waals surface area contributed by atoms with Gasteiger partial charge in [-0.3, -0.25) is 0 Å². The van der Waals surface area contributed by atoms with Crippen LogP contribution in [0.1, 0.15) is 44.9 Å². The predicted molar refractivity (Wildman–Crippen MR) is 58.6 cm³/mol. The Morgan fingerprint density at radius 3 is 2.92 bits per heavy atom. The first kappa shape index (κ1) is 10.5. The van der Waals surface area contributed by atoms with Gasteiger partial charge in [0.2, 0.25) is 0 Å². The van der Waals surface area contributed by atoms with Gasteiger partial charge < -0.3 is 5.73 Å². The molecule has 1 atom stereocenters. The first-order valence-electron chi connectivity index (χ1n) is 5.39. The fourth-order valence-corrected chi connectivity index (χ4v) is 1.85. The molecule has 2 N–H and O–H groups in total. The number of hydrogen-bond acceptors (Lipinski definition) is 1. The fraction of sp³-hybridized carbons (Fsp3) is 0.667. The van der Waals surface area contributed by atoms with E-state index in [-0.39, 0.29) is 0 Å². The largest absolute Gasteiger partial charge is 0.324 e. The van der Waals surface area contributed by atoms with Crippen LogP contribution in [0.4, 0.5) is 0 Å². The van der Waals surface area contributed by atoms with Crippen molar-refractivity contribution in [1.29, 1.82) is 0 Å². The summed E-state index contributed by atoms with van der Waals surface area (Å²) in [4.78, 5) is 0. The van der Waals surface area contributed by atoms with Crippen LogP contribution in [0, 0.1) is 0 Å². The van der Waals surface area contributed by atoms with Gasteiger partial charge in [-0.25, -0.2) is 0 Å². The van der Waals surface area contributed by atoms with E-state index in [1.807, 2.05) is 6.08 Å². The number of hydrogen-bond donors (Lipinski definition) is 1. The predicted octanol–water partition coefficient (Wildman–Crippen LogP) is 3.17. The maximum Gasteiger partial charge on any atom is 0.0229 e. The Balaban J connectivity index is 2.00. The molecule has 0 spiro atoms. The molecule has 13 heavy (non-hydrogen) atoms. The Bertz CT molecular complexity index is 182. The Morgan fingerprint density at radius 1 is 1.46 bits per heavy atom. The molecule has 1 nitrogen and oxygen atoms in total. The van der Waals surface area contributed by atoms with Crippen LogP contribution in [-0.4, -0.2) is 6.04 Å². The molecule has 0 amide bonds. The van der Waals surface area contributed by atoms with Gasteiger partial charge in [-0.1, -0.05) is 24.1 Å². The minimum atomic E-state index is 0.350. The van der Waals surface area contributed by atoms with Crippen LogP contribution in [-0.2, 0) is 0 Å². The van der Waals surface area contributed by atoms with Gasteiger partial charge in [-0.2, -0.15) is 0 Å². The molecule has 74 valence electrons. The van der Waals surface area contributed by atoms with Crippen molar-refractivity contribution in [1.82, 2.24) is 0 Å². The molecule has 1 unspecified atom stereocenters. The Morgan fingerprint density at radius 2 is 2.31 bits per heavy atom. The van der Waals surface area contributed by atoms with E-state index >= 15 is 0 Å². The zero-order valence-electron chi connectivity index (χ0n) is 8.47. The molecular formula is C12H21N. The van der Waals surface area contributed by atoms with Gasteiger partial charge in [0.15, 0.2) is 0 Å². The average Bonchev–Trinajstić information content (AvgIpc) is 2.51. The fourth-order valence-electron chi connectivity index (χ4n) is 1.85. The normalized spacial score (nSPS) is 21.6. The molecule has 0 aliphatic heterocycles. The van der Waals surface area contributed by atoms with Gasteiger partial charge in [0, 0.05) is 6.04 Å². The van der Waals surface area contributed by atoms with Crippen molar-refractivity contribution in [3.8, 4) is 0 Å². The van der Waals surface area contributed by atoms with Gasteiger partial charge in [0.1, 0.15) is 0 Å². The highest BCUT2D eigenvalue weighted by Crippen LogP contribution is 2.22. The summed E-state index contributed by atoms with van der Waals surface area (Å²) in [6.07, 6.45) is 13.1. The van der Waals surface area contributed by atoms with Crippen molar-refractivity contribution in [2.45, 2.75) is 51.0 Å². The maximum absolute atomic E-state index is 5.79.